The molecule has 2 unspecified atom stereocenters. The van der Waals surface area contributed by atoms with Crippen molar-refractivity contribution in [2.75, 3.05) is 31.2 Å². The van der Waals surface area contributed by atoms with E-state index in [0.29, 0.717) is 23.1 Å². The zero-order chi connectivity index (χ0) is 14.5. The molecular formula is C15H23N3O2. The second-order valence-corrected chi connectivity index (χ2v) is 5.40. The number of hydrogen-bond donors (Lipinski definition) is 4. The van der Waals surface area contributed by atoms with E-state index in [9.17, 15) is 9.90 Å². The van der Waals surface area contributed by atoms with E-state index in [2.05, 4.69) is 10.6 Å². The number of aliphatic hydroxyl groups excluding tert-OH is 1. The summed E-state index contributed by atoms with van der Waals surface area (Å²) < 4.78 is 0. The van der Waals surface area contributed by atoms with Gasteiger partial charge < -0.3 is 21.5 Å². The van der Waals surface area contributed by atoms with Crippen molar-refractivity contribution >= 4 is 17.3 Å². The van der Waals surface area contributed by atoms with E-state index in [4.69, 9.17) is 5.73 Å². The minimum Gasteiger partial charge on any atom is -0.397 e. The van der Waals surface area contributed by atoms with Crippen LogP contribution in [-0.2, 0) is 0 Å². The Morgan fingerprint density at radius 2 is 2.15 bits per heavy atom. The lowest BCUT2D eigenvalue weighted by Gasteiger charge is -2.19. The topological polar surface area (TPSA) is 87.4 Å². The molecule has 0 radical (unpaired) electrons. The lowest BCUT2D eigenvalue weighted by Crippen LogP contribution is -2.22. The Balaban J connectivity index is 2.03. The fourth-order valence-electron chi connectivity index (χ4n) is 2.86. The van der Waals surface area contributed by atoms with Gasteiger partial charge in [0, 0.05) is 25.8 Å². The van der Waals surface area contributed by atoms with Gasteiger partial charge in [-0.3, -0.25) is 4.79 Å². The highest BCUT2D eigenvalue weighted by atomic mass is 16.3. The third kappa shape index (κ3) is 3.22. The molecule has 0 spiro atoms. The van der Waals surface area contributed by atoms with E-state index in [1.54, 1.807) is 25.2 Å². The molecule has 1 fully saturated rings. The Kier molecular flexibility index (Phi) is 4.84. The van der Waals surface area contributed by atoms with Crippen molar-refractivity contribution in [2.45, 2.75) is 19.3 Å². The van der Waals surface area contributed by atoms with E-state index in [-0.39, 0.29) is 12.5 Å². The smallest absolute Gasteiger partial charge is 0.251 e. The molecule has 0 heterocycles. The number of anilines is 2. The molecule has 20 heavy (non-hydrogen) atoms. The summed E-state index contributed by atoms with van der Waals surface area (Å²) in [7, 11) is 1.61. The van der Waals surface area contributed by atoms with Crippen molar-refractivity contribution in [3.8, 4) is 0 Å². The van der Waals surface area contributed by atoms with Crippen LogP contribution in [0.5, 0.6) is 0 Å². The molecule has 0 aromatic heterocycles. The molecular weight excluding hydrogens is 254 g/mol. The van der Waals surface area contributed by atoms with Gasteiger partial charge in [0.15, 0.2) is 0 Å². The number of nitrogens with one attached hydrogen (secondary N) is 2. The molecule has 0 aliphatic heterocycles. The summed E-state index contributed by atoms with van der Waals surface area (Å²) in [4.78, 5) is 11.6. The van der Waals surface area contributed by atoms with Crippen LogP contribution < -0.4 is 16.4 Å². The van der Waals surface area contributed by atoms with Crippen molar-refractivity contribution < 1.29 is 9.90 Å². The third-order valence-corrected chi connectivity index (χ3v) is 4.15. The first-order valence-electron chi connectivity index (χ1n) is 7.12. The zero-order valence-electron chi connectivity index (χ0n) is 11.9. The Morgan fingerprint density at radius 3 is 2.85 bits per heavy atom. The van der Waals surface area contributed by atoms with Gasteiger partial charge in [-0.05, 0) is 42.9 Å². The second-order valence-electron chi connectivity index (χ2n) is 5.40. The highest BCUT2D eigenvalue weighted by Gasteiger charge is 2.26. The van der Waals surface area contributed by atoms with Gasteiger partial charge in [-0.25, -0.2) is 0 Å². The molecule has 2 rings (SSSR count). The highest BCUT2D eigenvalue weighted by Crippen LogP contribution is 2.32. The number of hydrogen-bond acceptors (Lipinski definition) is 4. The minimum atomic E-state index is -0.123. The molecule has 5 nitrogen and oxygen atoms in total. The van der Waals surface area contributed by atoms with Crippen LogP contribution in [0.15, 0.2) is 18.2 Å². The molecule has 1 amide bonds. The first-order valence-corrected chi connectivity index (χ1v) is 7.12. The molecule has 1 aromatic carbocycles. The fourth-order valence-corrected chi connectivity index (χ4v) is 2.86. The van der Waals surface area contributed by atoms with Crippen LogP contribution in [0.4, 0.5) is 11.4 Å². The molecule has 1 aliphatic rings. The number of rotatable bonds is 5. The maximum absolute atomic E-state index is 11.6. The summed E-state index contributed by atoms with van der Waals surface area (Å²) in [6.07, 6.45) is 3.40. The van der Waals surface area contributed by atoms with Gasteiger partial charge in [-0.1, -0.05) is 6.42 Å². The zero-order valence-corrected chi connectivity index (χ0v) is 11.9. The molecule has 1 aromatic rings. The summed E-state index contributed by atoms with van der Waals surface area (Å²) in [5.74, 6) is 0.732. The lowest BCUT2D eigenvalue weighted by molar-refractivity contribution is 0.0963. The van der Waals surface area contributed by atoms with Crippen molar-refractivity contribution in [2.24, 2.45) is 11.8 Å². The van der Waals surface area contributed by atoms with Crippen LogP contribution in [0.2, 0.25) is 0 Å². The quantitative estimate of drug-likeness (QED) is 0.613. The first-order chi connectivity index (χ1) is 9.65. The normalized spacial score (nSPS) is 21.7. The molecule has 0 saturated heterocycles. The number of benzene rings is 1. The largest absolute Gasteiger partial charge is 0.397 e. The van der Waals surface area contributed by atoms with E-state index in [1.807, 2.05) is 0 Å². The van der Waals surface area contributed by atoms with Crippen LogP contribution in [0.1, 0.15) is 29.6 Å². The van der Waals surface area contributed by atoms with Gasteiger partial charge in [0.05, 0.1) is 11.4 Å². The van der Waals surface area contributed by atoms with Crippen LogP contribution in [0, 0.1) is 11.8 Å². The third-order valence-electron chi connectivity index (χ3n) is 4.15. The van der Waals surface area contributed by atoms with Gasteiger partial charge in [-0.2, -0.15) is 0 Å². The first kappa shape index (κ1) is 14.7. The van der Waals surface area contributed by atoms with Crippen molar-refractivity contribution in [3.05, 3.63) is 23.8 Å². The number of nitrogen functional groups attached to an aromatic ring is 1. The summed E-state index contributed by atoms with van der Waals surface area (Å²) in [5.41, 5.74) is 7.95. The number of carbonyl (C=O) groups excluding carboxylic acids is 1. The monoisotopic (exact) mass is 277 g/mol. The summed E-state index contributed by atoms with van der Waals surface area (Å²) in [6, 6.07) is 5.23. The molecule has 5 N–H and O–H groups in total. The molecule has 2 atom stereocenters. The summed E-state index contributed by atoms with van der Waals surface area (Å²) in [5, 5.41) is 15.3. The Bertz CT molecular complexity index is 476. The number of carbonyl (C=O) groups is 1. The van der Waals surface area contributed by atoms with Gasteiger partial charge in [0.1, 0.15) is 0 Å². The van der Waals surface area contributed by atoms with Crippen molar-refractivity contribution in [3.63, 3.8) is 0 Å². The summed E-state index contributed by atoms with van der Waals surface area (Å²) >= 11 is 0. The summed E-state index contributed by atoms with van der Waals surface area (Å²) in [6.45, 7) is 1.03. The van der Waals surface area contributed by atoms with E-state index >= 15 is 0 Å². The Morgan fingerprint density at radius 1 is 1.40 bits per heavy atom. The fraction of sp³-hybridized carbons (Fsp3) is 0.533. The van der Waals surface area contributed by atoms with Crippen LogP contribution in [0.3, 0.4) is 0 Å². The predicted octanol–water partition coefficient (Wildman–Crippen LogP) is 1.45. The maximum atomic E-state index is 11.6. The average Bonchev–Trinajstić information content (AvgIpc) is 2.93. The van der Waals surface area contributed by atoms with Crippen molar-refractivity contribution in [1.82, 2.24) is 5.32 Å². The standard InChI is InChI=1S/C15H23N3O2/c1-17-15(20)10-5-6-13(16)14(7-10)18-8-11-3-2-4-12(11)9-19/h5-7,11-12,18-19H,2-4,8-9,16H2,1H3,(H,17,20). The molecule has 0 bridgehead atoms. The van der Waals surface area contributed by atoms with Gasteiger partial charge in [0.25, 0.3) is 5.91 Å². The molecule has 110 valence electrons. The van der Waals surface area contributed by atoms with Crippen LogP contribution >= 0.6 is 0 Å². The molecule has 5 heteroatoms. The Hall–Kier alpha value is -1.75. The van der Waals surface area contributed by atoms with Crippen molar-refractivity contribution in [1.29, 1.82) is 0 Å². The maximum Gasteiger partial charge on any atom is 0.251 e. The number of nitrogens with two attached hydrogens (primary N) is 1. The Labute approximate surface area is 119 Å². The van der Waals surface area contributed by atoms with Gasteiger partial charge in [-0.15, -0.1) is 0 Å². The SMILES string of the molecule is CNC(=O)c1ccc(N)c(NCC2CCCC2CO)c1. The average molecular weight is 277 g/mol. The van der Waals surface area contributed by atoms with Gasteiger partial charge >= 0.3 is 0 Å². The lowest BCUT2D eigenvalue weighted by atomic mass is 9.97. The molecule has 1 saturated carbocycles. The van der Waals surface area contributed by atoms with Crippen LogP contribution in [0.25, 0.3) is 0 Å². The second kappa shape index (κ2) is 6.61. The van der Waals surface area contributed by atoms with Crippen LogP contribution in [-0.4, -0.2) is 31.2 Å². The number of aliphatic hydroxyl groups is 1. The minimum absolute atomic E-state index is 0.123. The molecule has 1 aliphatic carbocycles. The predicted molar refractivity (Wildman–Crippen MR) is 80.7 cm³/mol. The van der Waals surface area contributed by atoms with E-state index < -0.39 is 0 Å². The van der Waals surface area contributed by atoms with Gasteiger partial charge in [0.2, 0.25) is 0 Å². The highest BCUT2D eigenvalue weighted by molar-refractivity contribution is 5.96. The van der Waals surface area contributed by atoms with E-state index in [1.165, 1.54) is 6.42 Å². The number of amides is 1. The van der Waals surface area contributed by atoms with E-state index in [0.717, 1.165) is 25.1 Å².